The fourth-order valence-electron chi connectivity index (χ4n) is 1.92. The maximum absolute atomic E-state index is 8.80. The Balaban J connectivity index is 2.24. The Morgan fingerprint density at radius 2 is 2.08 bits per heavy atom. The average Bonchev–Trinajstić information content (AvgIpc) is 1.95. The van der Waals surface area contributed by atoms with Crippen molar-refractivity contribution in [2.24, 2.45) is 5.92 Å². The van der Waals surface area contributed by atoms with Crippen molar-refractivity contribution in [3.05, 3.63) is 0 Å². The third kappa shape index (κ3) is 3.65. The van der Waals surface area contributed by atoms with Crippen LogP contribution in [0.15, 0.2) is 0 Å². The van der Waals surface area contributed by atoms with E-state index < -0.39 is 0 Å². The summed E-state index contributed by atoms with van der Waals surface area (Å²) in [5.74, 6) is 0.749. The smallest absolute Gasteiger partial charge is 0.0443 e. The molecule has 1 aliphatic rings. The fourth-order valence-corrected chi connectivity index (χ4v) is 1.92. The molecule has 78 valence electrons. The van der Waals surface area contributed by atoms with Crippen LogP contribution in [0.25, 0.3) is 0 Å². The van der Waals surface area contributed by atoms with Crippen LogP contribution in [0.2, 0.25) is 0 Å². The van der Waals surface area contributed by atoms with E-state index in [4.69, 9.17) is 5.11 Å². The van der Waals surface area contributed by atoms with Crippen molar-refractivity contribution < 1.29 is 5.11 Å². The monoisotopic (exact) mass is 185 g/mol. The first-order valence-corrected chi connectivity index (χ1v) is 5.59. The predicted molar refractivity (Wildman–Crippen MR) is 55.8 cm³/mol. The highest BCUT2D eigenvalue weighted by molar-refractivity contribution is 4.80. The molecule has 0 bridgehead atoms. The van der Waals surface area contributed by atoms with Gasteiger partial charge in [0.25, 0.3) is 0 Å². The molecule has 1 rings (SSSR count). The third-order valence-electron chi connectivity index (χ3n) is 2.79. The maximum atomic E-state index is 8.80. The first kappa shape index (κ1) is 11.0. The van der Waals surface area contributed by atoms with Crippen LogP contribution in [0.1, 0.15) is 39.5 Å². The van der Waals surface area contributed by atoms with Gasteiger partial charge in [-0.05, 0) is 25.2 Å². The van der Waals surface area contributed by atoms with Crippen LogP contribution in [-0.2, 0) is 0 Å². The molecule has 0 aromatic carbocycles. The van der Waals surface area contributed by atoms with Crippen LogP contribution in [0, 0.1) is 5.92 Å². The van der Waals surface area contributed by atoms with Gasteiger partial charge in [-0.15, -0.1) is 0 Å². The topological polar surface area (TPSA) is 23.5 Å². The Labute approximate surface area is 81.9 Å². The summed E-state index contributed by atoms with van der Waals surface area (Å²) in [6.07, 6.45) is 5.08. The number of hydrogen-bond donors (Lipinski definition) is 1. The zero-order valence-corrected chi connectivity index (χ0v) is 9.00. The number of aliphatic hydroxyl groups is 1. The first-order chi connectivity index (χ1) is 6.24. The molecule has 0 aliphatic heterocycles. The highest BCUT2D eigenvalue weighted by atomic mass is 16.3. The van der Waals surface area contributed by atoms with Crippen molar-refractivity contribution in [2.75, 3.05) is 19.7 Å². The lowest BCUT2D eigenvalue weighted by Crippen LogP contribution is -2.42. The van der Waals surface area contributed by atoms with Crippen LogP contribution < -0.4 is 0 Å². The zero-order valence-electron chi connectivity index (χ0n) is 9.00. The molecule has 0 heterocycles. The second kappa shape index (κ2) is 5.61. The van der Waals surface area contributed by atoms with Gasteiger partial charge in [-0.2, -0.15) is 0 Å². The molecule has 0 aromatic rings. The van der Waals surface area contributed by atoms with Gasteiger partial charge >= 0.3 is 0 Å². The van der Waals surface area contributed by atoms with Crippen molar-refractivity contribution in [1.29, 1.82) is 0 Å². The summed E-state index contributed by atoms with van der Waals surface area (Å²) in [6, 6.07) is 0.828. The van der Waals surface area contributed by atoms with Crippen LogP contribution >= 0.6 is 0 Å². The molecule has 0 radical (unpaired) electrons. The third-order valence-corrected chi connectivity index (χ3v) is 2.79. The van der Waals surface area contributed by atoms with Gasteiger partial charge in [0, 0.05) is 25.7 Å². The van der Waals surface area contributed by atoms with Crippen molar-refractivity contribution in [2.45, 2.75) is 45.6 Å². The van der Waals surface area contributed by atoms with Crippen LogP contribution in [0.5, 0.6) is 0 Å². The summed E-state index contributed by atoms with van der Waals surface area (Å²) >= 11 is 0. The number of rotatable bonds is 6. The lowest BCUT2D eigenvalue weighted by atomic mass is 9.90. The molecular formula is C11H23NO. The van der Waals surface area contributed by atoms with Crippen LogP contribution in [0.4, 0.5) is 0 Å². The first-order valence-electron chi connectivity index (χ1n) is 5.59. The van der Waals surface area contributed by atoms with E-state index in [1.807, 2.05) is 0 Å². The summed E-state index contributed by atoms with van der Waals surface area (Å²) in [4.78, 5) is 2.56. The summed E-state index contributed by atoms with van der Waals surface area (Å²) < 4.78 is 0. The van der Waals surface area contributed by atoms with Crippen molar-refractivity contribution in [3.63, 3.8) is 0 Å². The van der Waals surface area contributed by atoms with Crippen molar-refractivity contribution in [1.82, 2.24) is 4.90 Å². The Kier molecular flexibility index (Phi) is 4.74. The lowest BCUT2D eigenvalue weighted by Gasteiger charge is -2.38. The average molecular weight is 185 g/mol. The van der Waals surface area contributed by atoms with Crippen molar-refractivity contribution >= 4 is 0 Å². The van der Waals surface area contributed by atoms with Crippen LogP contribution in [-0.4, -0.2) is 35.7 Å². The van der Waals surface area contributed by atoms with E-state index in [1.165, 1.54) is 25.8 Å². The predicted octanol–water partition coefficient (Wildman–Crippen LogP) is 1.88. The van der Waals surface area contributed by atoms with Crippen LogP contribution in [0.3, 0.4) is 0 Å². The van der Waals surface area contributed by atoms with Gasteiger partial charge in [0.2, 0.25) is 0 Å². The maximum Gasteiger partial charge on any atom is 0.0443 e. The molecule has 1 fully saturated rings. The standard InChI is InChI=1S/C11H23NO/c1-10(2)9-12(7-4-8-13)11-5-3-6-11/h10-11,13H,3-9H2,1-2H3. The molecule has 0 unspecified atom stereocenters. The highest BCUT2D eigenvalue weighted by Crippen LogP contribution is 2.25. The van der Waals surface area contributed by atoms with E-state index in [2.05, 4.69) is 18.7 Å². The Morgan fingerprint density at radius 3 is 2.46 bits per heavy atom. The molecule has 1 aliphatic carbocycles. The minimum Gasteiger partial charge on any atom is -0.396 e. The van der Waals surface area contributed by atoms with E-state index >= 15 is 0 Å². The summed E-state index contributed by atoms with van der Waals surface area (Å²) in [5.41, 5.74) is 0. The number of hydrogen-bond acceptors (Lipinski definition) is 2. The molecule has 0 aromatic heterocycles. The quantitative estimate of drug-likeness (QED) is 0.683. The Hall–Kier alpha value is -0.0800. The zero-order chi connectivity index (χ0) is 9.68. The Bertz CT molecular complexity index is 132. The van der Waals surface area contributed by atoms with Gasteiger partial charge in [-0.3, -0.25) is 0 Å². The van der Waals surface area contributed by atoms with E-state index in [9.17, 15) is 0 Å². The van der Waals surface area contributed by atoms with E-state index in [0.29, 0.717) is 6.61 Å². The molecule has 0 spiro atoms. The SMILES string of the molecule is CC(C)CN(CCCO)C1CCC1. The summed E-state index contributed by atoms with van der Waals surface area (Å²) in [6.45, 7) is 7.15. The van der Waals surface area contributed by atoms with E-state index in [1.54, 1.807) is 0 Å². The van der Waals surface area contributed by atoms with Gasteiger partial charge in [-0.1, -0.05) is 20.3 Å². The molecule has 2 heteroatoms. The fraction of sp³-hybridized carbons (Fsp3) is 1.00. The molecule has 1 N–H and O–H groups in total. The van der Waals surface area contributed by atoms with Gasteiger partial charge in [0.1, 0.15) is 0 Å². The number of aliphatic hydroxyl groups excluding tert-OH is 1. The second-order valence-electron chi connectivity index (χ2n) is 4.55. The molecule has 2 nitrogen and oxygen atoms in total. The van der Waals surface area contributed by atoms with Gasteiger partial charge in [0.05, 0.1) is 0 Å². The minimum atomic E-state index is 0.335. The van der Waals surface area contributed by atoms with Crippen molar-refractivity contribution in [3.8, 4) is 0 Å². The number of nitrogens with zero attached hydrogens (tertiary/aromatic N) is 1. The second-order valence-corrected chi connectivity index (χ2v) is 4.55. The lowest BCUT2D eigenvalue weighted by molar-refractivity contribution is 0.104. The molecular weight excluding hydrogens is 162 g/mol. The van der Waals surface area contributed by atoms with Gasteiger partial charge in [-0.25, -0.2) is 0 Å². The normalized spacial score (nSPS) is 18.2. The Morgan fingerprint density at radius 1 is 1.38 bits per heavy atom. The van der Waals surface area contributed by atoms with Gasteiger partial charge < -0.3 is 10.0 Å². The minimum absolute atomic E-state index is 0.335. The molecule has 0 saturated heterocycles. The molecule has 0 amide bonds. The largest absolute Gasteiger partial charge is 0.396 e. The molecule has 1 saturated carbocycles. The van der Waals surface area contributed by atoms with Gasteiger partial charge in [0.15, 0.2) is 0 Å². The van der Waals surface area contributed by atoms with E-state index in [-0.39, 0.29) is 0 Å². The summed E-state index contributed by atoms with van der Waals surface area (Å²) in [7, 11) is 0. The molecule has 0 atom stereocenters. The summed E-state index contributed by atoms with van der Waals surface area (Å²) in [5, 5.41) is 8.80. The molecule has 13 heavy (non-hydrogen) atoms. The highest BCUT2D eigenvalue weighted by Gasteiger charge is 2.24. The van der Waals surface area contributed by atoms with E-state index in [0.717, 1.165) is 24.9 Å².